The number of carbonyl (C=O) groups is 1. The second kappa shape index (κ2) is 4.17. The van der Waals surface area contributed by atoms with Crippen LogP contribution < -0.4 is 15.4 Å². The van der Waals surface area contributed by atoms with Gasteiger partial charge in [0.25, 0.3) is 5.91 Å². The molecule has 5 heteroatoms. The average Bonchev–Trinajstić information content (AvgIpc) is 3.18. The van der Waals surface area contributed by atoms with Crippen molar-refractivity contribution in [1.82, 2.24) is 5.32 Å². The van der Waals surface area contributed by atoms with Gasteiger partial charge in [-0.05, 0) is 25.0 Å². The summed E-state index contributed by atoms with van der Waals surface area (Å²) in [6, 6.07) is 7.54. The van der Waals surface area contributed by atoms with Crippen molar-refractivity contribution in [1.29, 1.82) is 0 Å². The summed E-state index contributed by atoms with van der Waals surface area (Å²) >= 11 is 0. The normalized spacial score (nSPS) is 23.3. The van der Waals surface area contributed by atoms with Gasteiger partial charge in [-0.25, -0.2) is 0 Å². The first kappa shape index (κ1) is 11.3. The summed E-state index contributed by atoms with van der Waals surface area (Å²) in [7, 11) is 0. The molecule has 18 heavy (non-hydrogen) atoms. The number of fused-ring (bicyclic) bond motifs is 1. The maximum absolute atomic E-state index is 12.0. The minimum atomic E-state index is -0.538. The standard InChI is InChI=1S/C13H16N2O3/c16-8-13(5-6-13)15-12(17)11-7-14-9-3-1-2-4-10(9)18-11/h1-4,11,14,16H,5-8H2,(H,15,17). The third-order valence-corrected chi connectivity index (χ3v) is 3.47. The van der Waals surface area contributed by atoms with Crippen molar-refractivity contribution in [3.05, 3.63) is 24.3 Å². The Labute approximate surface area is 105 Å². The zero-order chi connectivity index (χ0) is 12.6. The Bertz CT molecular complexity index is 471. The third-order valence-electron chi connectivity index (χ3n) is 3.47. The highest BCUT2D eigenvalue weighted by atomic mass is 16.5. The van der Waals surface area contributed by atoms with Crippen LogP contribution in [0.15, 0.2) is 24.3 Å². The van der Waals surface area contributed by atoms with Crippen LogP contribution in [0.5, 0.6) is 5.75 Å². The van der Waals surface area contributed by atoms with Gasteiger partial charge in [0, 0.05) is 0 Å². The van der Waals surface area contributed by atoms with Crippen LogP contribution in [0.3, 0.4) is 0 Å². The highest BCUT2D eigenvalue weighted by Crippen LogP contribution is 2.35. The fraction of sp³-hybridized carbons (Fsp3) is 0.462. The number of hydrogen-bond donors (Lipinski definition) is 3. The van der Waals surface area contributed by atoms with Crippen LogP contribution in [0.1, 0.15) is 12.8 Å². The van der Waals surface area contributed by atoms with Crippen molar-refractivity contribution < 1.29 is 14.6 Å². The minimum Gasteiger partial charge on any atom is -0.477 e. The quantitative estimate of drug-likeness (QED) is 0.728. The lowest BCUT2D eigenvalue weighted by atomic mass is 10.2. The molecule has 2 aliphatic rings. The van der Waals surface area contributed by atoms with Gasteiger partial charge in [0.05, 0.1) is 24.4 Å². The zero-order valence-electron chi connectivity index (χ0n) is 9.98. The van der Waals surface area contributed by atoms with Crippen LogP contribution >= 0.6 is 0 Å². The molecule has 3 rings (SSSR count). The molecule has 1 unspecified atom stereocenters. The average molecular weight is 248 g/mol. The van der Waals surface area contributed by atoms with E-state index >= 15 is 0 Å². The van der Waals surface area contributed by atoms with Crippen molar-refractivity contribution in [3.63, 3.8) is 0 Å². The molecule has 1 heterocycles. The van der Waals surface area contributed by atoms with Crippen molar-refractivity contribution >= 4 is 11.6 Å². The maximum Gasteiger partial charge on any atom is 0.263 e. The molecule has 1 fully saturated rings. The number of anilines is 1. The zero-order valence-corrected chi connectivity index (χ0v) is 9.98. The predicted octanol–water partition coefficient (Wildman–Crippen LogP) is 0.501. The van der Waals surface area contributed by atoms with Gasteiger partial charge in [0.15, 0.2) is 6.10 Å². The Kier molecular flexibility index (Phi) is 2.63. The van der Waals surface area contributed by atoms with Crippen LogP contribution in [-0.2, 0) is 4.79 Å². The van der Waals surface area contributed by atoms with Gasteiger partial charge in [0.2, 0.25) is 0 Å². The molecule has 1 atom stereocenters. The molecule has 0 spiro atoms. The summed E-state index contributed by atoms with van der Waals surface area (Å²) in [6.45, 7) is 0.444. The first-order chi connectivity index (χ1) is 8.72. The van der Waals surface area contributed by atoms with Crippen LogP contribution in [-0.4, -0.2) is 35.8 Å². The predicted molar refractivity (Wildman–Crippen MR) is 66.5 cm³/mol. The molecule has 0 aromatic heterocycles. The summed E-state index contributed by atoms with van der Waals surface area (Å²) in [5.74, 6) is 0.529. The van der Waals surface area contributed by atoms with Crippen LogP contribution in [0.4, 0.5) is 5.69 Å². The Morgan fingerprint density at radius 2 is 2.28 bits per heavy atom. The van der Waals surface area contributed by atoms with Crippen molar-refractivity contribution in [2.24, 2.45) is 0 Å². The number of ether oxygens (including phenoxy) is 1. The molecular weight excluding hydrogens is 232 g/mol. The smallest absolute Gasteiger partial charge is 0.263 e. The molecule has 1 aliphatic heterocycles. The summed E-state index contributed by atoms with van der Waals surface area (Å²) in [4.78, 5) is 12.0. The Morgan fingerprint density at radius 3 is 3.00 bits per heavy atom. The molecule has 1 aromatic carbocycles. The van der Waals surface area contributed by atoms with E-state index < -0.39 is 11.6 Å². The number of aliphatic hydroxyl groups excluding tert-OH is 1. The van der Waals surface area contributed by atoms with Gasteiger partial charge in [-0.3, -0.25) is 4.79 Å². The minimum absolute atomic E-state index is 0.00449. The first-order valence-electron chi connectivity index (χ1n) is 6.15. The molecule has 0 saturated heterocycles. The van der Waals surface area contributed by atoms with Crippen LogP contribution in [0, 0.1) is 0 Å². The second-order valence-electron chi connectivity index (χ2n) is 4.91. The Hall–Kier alpha value is -1.75. The maximum atomic E-state index is 12.0. The summed E-state index contributed by atoms with van der Waals surface area (Å²) in [5.41, 5.74) is 0.516. The number of amides is 1. The van der Waals surface area contributed by atoms with Crippen molar-refractivity contribution in [2.75, 3.05) is 18.5 Å². The molecule has 5 nitrogen and oxygen atoms in total. The second-order valence-corrected chi connectivity index (χ2v) is 4.91. The lowest BCUT2D eigenvalue weighted by molar-refractivity contribution is -0.129. The lowest BCUT2D eigenvalue weighted by Gasteiger charge is -2.27. The van der Waals surface area contributed by atoms with Gasteiger partial charge < -0.3 is 20.5 Å². The fourth-order valence-electron chi connectivity index (χ4n) is 2.07. The van der Waals surface area contributed by atoms with Crippen molar-refractivity contribution in [3.8, 4) is 5.75 Å². The van der Waals surface area contributed by atoms with E-state index in [2.05, 4.69) is 10.6 Å². The van der Waals surface area contributed by atoms with E-state index in [0.717, 1.165) is 18.5 Å². The molecule has 1 aliphatic carbocycles. The van der Waals surface area contributed by atoms with Gasteiger partial charge in [0.1, 0.15) is 5.75 Å². The number of aliphatic hydroxyl groups is 1. The third kappa shape index (κ3) is 2.01. The molecular formula is C13H16N2O3. The van der Waals surface area contributed by atoms with Crippen LogP contribution in [0.2, 0.25) is 0 Å². The molecule has 1 amide bonds. The van der Waals surface area contributed by atoms with E-state index in [9.17, 15) is 9.90 Å². The largest absolute Gasteiger partial charge is 0.477 e. The first-order valence-corrected chi connectivity index (χ1v) is 6.15. The lowest BCUT2D eigenvalue weighted by Crippen LogP contribution is -2.50. The number of hydrogen-bond acceptors (Lipinski definition) is 4. The molecule has 96 valence electrons. The molecule has 0 bridgehead atoms. The number of carbonyl (C=O) groups excluding carboxylic acids is 1. The van der Waals surface area contributed by atoms with E-state index in [0.29, 0.717) is 12.3 Å². The topological polar surface area (TPSA) is 70.6 Å². The summed E-state index contributed by atoms with van der Waals surface area (Å²) in [6.07, 6.45) is 1.14. The van der Waals surface area contributed by atoms with Crippen molar-refractivity contribution in [2.45, 2.75) is 24.5 Å². The fourth-order valence-corrected chi connectivity index (χ4v) is 2.07. The van der Waals surface area contributed by atoms with E-state index in [1.165, 1.54) is 0 Å². The Morgan fingerprint density at radius 1 is 1.50 bits per heavy atom. The van der Waals surface area contributed by atoms with Gasteiger partial charge in [-0.2, -0.15) is 0 Å². The molecule has 1 saturated carbocycles. The van der Waals surface area contributed by atoms with E-state index in [1.807, 2.05) is 24.3 Å². The number of rotatable bonds is 3. The van der Waals surface area contributed by atoms with Crippen LogP contribution in [0.25, 0.3) is 0 Å². The number of para-hydroxylation sites is 2. The number of benzene rings is 1. The monoisotopic (exact) mass is 248 g/mol. The molecule has 1 aromatic rings. The molecule has 0 radical (unpaired) electrons. The SMILES string of the molecule is O=C(NC1(CO)CC1)C1CNc2ccccc2O1. The highest BCUT2D eigenvalue weighted by molar-refractivity contribution is 5.84. The summed E-state index contributed by atoms with van der Waals surface area (Å²) < 4.78 is 5.66. The van der Waals surface area contributed by atoms with Gasteiger partial charge >= 0.3 is 0 Å². The molecule has 3 N–H and O–H groups in total. The van der Waals surface area contributed by atoms with E-state index in [4.69, 9.17) is 4.74 Å². The number of nitrogens with one attached hydrogen (secondary N) is 2. The highest BCUT2D eigenvalue weighted by Gasteiger charge is 2.45. The summed E-state index contributed by atoms with van der Waals surface area (Å²) in [5, 5.41) is 15.2. The Balaban J connectivity index is 1.67. The van der Waals surface area contributed by atoms with Gasteiger partial charge in [-0.15, -0.1) is 0 Å². The van der Waals surface area contributed by atoms with E-state index in [1.54, 1.807) is 0 Å². The van der Waals surface area contributed by atoms with E-state index in [-0.39, 0.29) is 12.5 Å². The van der Waals surface area contributed by atoms with Gasteiger partial charge in [-0.1, -0.05) is 12.1 Å².